The molecule has 3 aromatic rings. The fourth-order valence-electron chi connectivity index (χ4n) is 5.32. The Labute approximate surface area is 157 Å². The van der Waals surface area contributed by atoms with E-state index in [9.17, 15) is 0 Å². The number of fused-ring (bicyclic) bond motifs is 5. The maximum atomic E-state index is 4.36. The number of hydrogen-bond acceptors (Lipinski definition) is 0. The molecule has 0 fully saturated rings. The van der Waals surface area contributed by atoms with Crippen molar-refractivity contribution in [3.63, 3.8) is 0 Å². The Morgan fingerprint density at radius 2 is 1.69 bits per heavy atom. The van der Waals surface area contributed by atoms with Gasteiger partial charge in [-0.15, -0.1) is 0 Å². The van der Waals surface area contributed by atoms with Crippen LogP contribution in [0.25, 0.3) is 22.2 Å². The number of nitrogens with zero attached hydrogens (tertiary/aromatic N) is 1. The van der Waals surface area contributed by atoms with Crippen LogP contribution in [0.4, 0.5) is 0 Å². The van der Waals surface area contributed by atoms with Crippen LogP contribution in [-0.4, -0.2) is 0 Å². The van der Waals surface area contributed by atoms with Gasteiger partial charge in [-0.1, -0.05) is 50.8 Å². The number of hydrogen-bond donors (Lipinski definition) is 0. The van der Waals surface area contributed by atoms with Crippen LogP contribution in [-0.2, 0) is 11.0 Å². The van der Waals surface area contributed by atoms with E-state index in [1.54, 1.807) is 0 Å². The van der Waals surface area contributed by atoms with E-state index < -0.39 is 0 Å². The SMILES string of the molecule is C=CC1(CC)[n+]2c(c(C)cc3ccccc32)-c2ccccc2C1(C)CC. The first-order chi connectivity index (χ1) is 12.5. The molecule has 1 aromatic heterocycles. The highest BCUT2D eigenvalue weighted by molar-refractivity contribution is 5.81. The predicted molar refractivity (Wildman–Crippen MR) is 110 cm³/mol. The minimum Gasteiger partial charge on any atom is -0.181 e. The smallest absolute Gasteiger partial charge is 0.181 e. The molecule has 2 heterocycles. The van der Waals surface area contributed by atoms with Gasteiger partial charge in [0.2, 0.25) is 11.2 Å². The molecule has 0 spiro atoms. The summed E-state index contributed by atoms with van der Waals surface area (Å²) in [5.74, 6) is 0. The highest BCUT2D eigenvalue weighted by Gasteiger charge is 2.58. The van der Waals surface area contributed by atoms with Gasteiger partial charge in [-0.2, -0.15) is 4.57 Å². The monoisotopic (exact) mass is 342 g/mol. The van der Waals surface area contributed by atoms with E-state index in [0.717, 1.165) is 12.8 Å². The zero-order valence-electron chi connectivity index (χ0n) is 16.3. The highest BCUT2D eigenvalue weighted by Crippen LogP contribution is 2.51. The Balaban J connectivity index is 2.30. The lowest BCUT2D eigenvalue weighted by molar-refractivity contribution is -0.733. The van der Waals surface area contributed by atoms with Crippen LogP contribution in [0.15, 0.2) is 67.3 Å². The highest BCUT2D eigenvalue weighted by atomic mass is 15.1. The van der Waals surface area contributed by atoms with Gasteiger partial charge in [0.1, 0.15) is 0 Å². The number of allylic oxidation sites excluding steroid dienone is 1. The number of aryl methyl sites for hydroxylation is 1. The molecule has 1 aliphatic heterocycles. The minimum atomic E-state index is -0.156. The van der Waals surface area contributed by atoms with Crippen LogP contribution < -0.4 is 4.57 Å². The van der Waals surface area contributed by atoms with E-state index in [4.69, 9.17) is 0 Å². The summed E-state index contributed by atoms with van der Waals surface area (Å²) in [6, 6.07) is 20.1. The van der Waals surface area contributed by atoms with Gasteiger partial charge in [0, 0.05) is 23.4 Å². The Morgan fingerprint density at radius 3 is 2.38 bits per heavy atom. The predicted octanol–water partition coefficient (Wildman–Crippen LogP) is 6.08. The van der Waals surface area contributed by atoms with Crippen LogP contribution in [0.5, 0.6) is 0 Å². The zero-order chi connectivity index (χ0) is 18.5. The van der Waals surface area contributed by atoms with Crippen LogP contribution in [0, 0.1) is 6.92 Å². The summed E-state index contributed by atoms with van der Waals surface area (Å²) >= 11 is 0. The fourth-order valence-corrected chi connectivity index (χ4v) is 5.32. The summed E-state index contributed by atoms with van der Waals surface area (Å²) < 4.78 is 2.59. The summed E-state index contributed by atoms with van der Waals surface area (Å²) in [5.41, 5.74) is 6.62. The van der Waals surface area contributed by atoms with E-state index in [1.807, 2.05) is 0 Å². The maximum absolute atomic E-state index is 4.36. The second kappa shape index (κ2) is 5.81. The van der Waals surface area contributed by atoms with Crippen molar-refractivity contribution in [3.8, 4) is 11.3 Å². The Kier molecular flexibility index (Phi) is 3.80. The van der Waals surface area contributed by atoms with E-state index in [-0.39, 0.29) is 11.0 Å². The van der Waals surface area contributed by atoms with Crippen molar-refractivity contribution in [2.24, 2.45) is 0 Å². The molecule has 0 N–H and O–H groups in total. The number of para-hydroxylation sites is 1. The number of pyridine rings is 1. The van der Waals surface area contributed by atoms with Crippen molar-refractivity contribution >= 4 is 10.9 Å². The first-order valence-electron chi connectivity index (χ1n) is 9.72. The van der Waals surface area contributed by atoms with Crippen molar-refractivity contribution in [1.29, 1.82) is 0 Å². The summed E-state index contributed by atoms with van der Waals surface area (Å²) in [6.45, 7) is 13.6. The Morgan fingerprint density at radius 1 is 1.00 bits per heavy atom. The molecule has 1 aliphatic rings. The van der Waals surface area contributed by atoms with Crippen molar-refractivity contribution in [1.82, 2.24) is 0 Å². The maximum Gasteiger partial charge on any atom is 0.217 e. The molecule has 0 saturated heterocycles. The average molecular weight is 343 g/mol. The van der Waals surface area contributed by atoms with Crippen molar-refractivity contribution in [2.75, 3.05) is 0 Å². The summed E-state index contributed by atoms with van der Waals surface area (Å²) in [5, 5.41) is 1.30. The Bertz CT molecular complexity index is 1020. The lowest BCUT2D eigenvalue weighted by Gasteiger charge is -2.47. The van der Waals surface area contributed by atoms with Gasteiger partial charge < -0.3 is 0 Å². The minimum absolute atomic E-state index is 0.00563. The molecule has 2 aromatic carbocycles. The van der Waals surface area contributed by atoms with Crippen LogP contribution in [0.2, 0.25) is 0 Å². The third-order valence-corrected chi connectivity index (χ3v) is 6.86. The molecule has 1 nitrogen and oxygen atoms in total. The van der Waals surface area contributed by atoms with Crippen molar-refractivity contribution < 1.29 is 4.57 Å². The molecule has 0 saturated carbocycles. The number of benzene rings is 2. The molecule has 0 aliphatic carbocycles. The van der Waals surface area contributed by atoms with Crippen LogP contribution in [0.3, 0.4) is 0 Å². The second-order valence-electron chi connectivity index (χ2n) is 7.78. The van der Waals surface area contributed by atoms with Crippen molar-refractivity contribution in [3.05, 3.63) is 78.4 Å². The average Bonchev–Trinajstić information content (AvgIpc) is 2.68. The van der Waals surface area contributed by atoms with Crippen LogP contribution >= 0.6 is 0 Å². The largest absolute Gasteiger partial charge is 0.217 e. The van der Waals surface area contributed by atoms with E-state index in [0.29, 0.717) is 0 Å². The molecule has 26 heavy (non-hydrogen) atoms. The molecule has 2 unspecified atom stereocenters. The second-order valence-corrected chi connectivity index (χ2v) is 7.78. The zero-order valence-corrected chi connectivity index (χ0v) is 16.3. The molecule has 0 bridgehead atoms. The topological polar surface area (TPSA) is 3.88 Å². The van der Waals surface area contributed by atoms with E-state index in [2.05, 4.69) is 99.5 Å². The van der Waals surface area contributed by atoms with E-state index in [1.165, 1.54) is 33.3 Å². The summed E-state index contributed by atoms with van der Waals surface area (Å²) in [6.07, 6.45) is 4.29. The quantitative estimate of drug-likeness (QED) is 0.401. The molecular formula is C25H28N+. The van der Waals surface area contributed by atoms with Crippen molar-refractivity contribution in [2.45, 2.75) is 51.5 Å². The first kappa shape index (κ1) is 17.0. The fraction of sp³-hybridized carbons (Fsp3) is 0.320. The van der Waals surface area contributed by atoms with Gasteiger partial charge in [0.25, 0.3) is 0 Å². The summed E-state index contributed by atoms with van der Waals surface area (Å²) in [4.78, 5) is 0. The molecule has 2 atom stereocenters. The van der Waals surface area contributed by atoms with E-state index >= 15 is 0 Å². The molecule has 0 radical (unpaired) electrons. The third kappa shape index (κ3) is 1.89. The van der Waals surface area contributed by atoms with Crippen LogP contribution in [0.1, 0.15) is 44.7 Å². The lowest BCUT2D eigenvalue weighted by atomic mass is 9.59. The molecule has 1 heteroatoms. The van der Waals surface area contributed by atoms with Gasteiger partial charge in [0.05, 0.1) is 11.0 Å². The number of rotatable bonds is 3. The molecule has 0 amide bonds. The Hall–Kier alpha value is -2.41. The third-order valence-electron chi connectivity index (χ3n) is 6.86. The standard InChI is InChI=1S/C25H28N/c1-6-24(5)21-15-11-10-14-20(21)23-18(4)17-19-13-9-12-16-22(19)26(23)25(24,7-2)8-3/h7,9-17H,2,6,8H2,1,3-5H3/q+1. The number of aromatic nitrogens is 1. The normalized spacial score (nSPS) is 24.2. The molecular weight excluding hydrogens is 314 g/mol. The van der Waals surface area contributed by atoms with Gasteiger partial charge in [0.15, 0.2) is 5.54 Å². The molecule has 132 valence electrons. The lowest BCUT2D eigenvalue weighted by Crippen LogP contribution is -2.68. The van der Waals surface area contributed by atoms with Gasteiger partial charge in [-0.25, -0.2) is 0 Å². The molecule has 4 rings (SSSR count). The van der Waals surface area contributed by atoms with Gasteiger partial charge >= 0.3 is 0 Å². The first-order valence-corrected chi connectivity index (χ1v) is 9.72. The van der Waals surface area contributed by atoms with Gasteiger partial charge in [-0.3, -0.25) is 0 Å². The summed E-state index contributed by atoms with van der Waals surface area (Å²) in [7, 11) is 0. The van der Waals surface area contributed by atoms with Gasteiger partial charge in [-0.05, 0) is 50.1 Å².